The first-order chi connectivity index (χ1) is 10.0. The molecule has 6 nitrogen and oxygen atoms in total. The monoisotopic (exact) mass is 292 g/mol. The lowest BCUT2D eigenvalue weighted by atomic mass is 10.1. The molecule has 3 N–H and O–H groups in total. The third-order valence-electron chi connectivity index (χ3n) is 3.60. The van der Waals surface area contributed by atoms with Gasteiger partial charge in [0.25, 0.3) is 0 Å². The smallest absolute Gasteiger partial charge is 0.326 e. The number of urea groups is 1. The Kier molecular flexibility index (Phi) is 4.80. The van der Waals surface area contributed by atoms with Gasteiger partial charge in [0.2, 0.25) is 0 Å². The third-order valence-corrected chi connectivity index (χ3v) is 3.60. The highest BCUT2D eigenvalue weighted by Crippen LogP contribution is 2.22. The molecule has 0 aliphatic carbocycles. The first kappa shape index (κ1) is 15.3. The summed E-state index contributed by atoms with van der Waals surface area (Å²) >= 11 is 0. The Morgan fingerprint density at radius 1 is 1.38 bits per heavy atom. The second-order valence-electron chi connectivity index (χ2n) is 5.23. The number of nitrogens with one attached hydrogen (secondary N) is 1. The van der Waals surface area contributed by atoms with Crippen LogP contribution in [0.3, 0.4) is 0 Å². The van der Waals surface area contributed by atoms with Crippen LogP contribution in [0.4, 0.5) is 10.5 Å². The van der Waals surface area contributed by atoms with E-state index < -0.39 is 24.1 Å². The molecular formula is C15H20N2O4. The number of carboxylic acids is 1. The lowest BCUT2D eigenvalue weighted by molar-refractivity contribution is -0.141. The van der Waals surface area contributed by atoms with E-state index in [1.54, 1.807) is 6.07 Å². The van der Waals surface area contributed by atoms with Gasteiger partial charge in [0.1, 0.15) is 6.04 Å². The molecule has 0 saturated carbocycles. The van der Waals surface area contributed by atoms with Crippen molar-refractivity contribution in [3.8, 4) is 0 Å². The standard InChI is InChI=1S/C15H20N2O4/c1-2-5-10-6-3-4-7-12(10)16-15(21)17-9-11(18)8-13(17)14(19)20/h3-4,6-7,11,13,18H,2,5,8-9H2,1H3,(H,16,21)(H,19,20)/t11-,13+/m1/s1. The van der Waals surface area contributed by atoms with Crippen LogP contribution in [0.15, 0.2) is 24.3 Å². The van der Waals surface area contributed by atoms with E-state index in [-0.39, 0.29) is 13.0 Å². The van der Waals surface area contributed by atoms with Gasteiger partial charge in [-0.2, -0.15) is 0 Å². The number of carbonyl (C=O) groups is 2. The molecule has 6 heteroatoms. The Labute approximate surface area is 123 Å². The van der Waals surface area contributed by atoms with E-state index in [1.165, 1.54) is 4.90 Å². The Hall–Kier alpha value is -2.08. The molecule has 1 fully saturated rings. The molecule has 0 bridgehead atoms. The number of likely N-dealkylation sites (tertiary alicyclic amines) is 1. The normalized spacial score (nSPS) is 21.3. The zero-order valence-electron chi connectivity index (χ0n) is 12.0. The molecule has 0 spiro atoms. The van der Waals surface area contributed by atoms with Gasteiger partial charge in [-0.25, -0.2) is 9.59 Å². The summed E-state index contributed by atoms with van der Waals surface area (Å²) in [6.07, 6.45) is 1.07. The van der Waals surface area contributed by atoms with E-state index in [1.807, 2.05) is 18.2 Å². The molecule has 2 amide bonds. The lowest BCUT2D eigenvalue weighted by Crippen LogP contribution is -2.43. The molecule has 1 aromatic rings. The van der Waals surface area contributed by atoms with Crippen molar-refractivity contribution in [2.75, 3.05) is 11.9 Å². The second-order valence-corrected chi connectivity index (χ2v) is 5.23. The highest BCUT2D eigenvalue weighted by molar-refractivity contribution is 5.93. The van der Waals surface area contributed by atoms with Gasteiger partial charge in [0.05, 0.1) is 6.10 Å². The minimum absolute atomic E-state index is 0.0404. The molecule has 1 heterocycles. The van der Waals surface area contributed by atoms with Crippen molar-refractivity contribution in [1.29, 1.82) is 0 Å². The number of aryl methyl sites for hydroxylation is 1. The third kappa shape index (κ3) is 3.52. The molecule has 2 atom stereocenters. The zero-order valence-corrected chi connectivity index (χ0v) is 12.0. The van der Waals surface area contributed by atoms with Crippen molar-refractivity contribution in [3.63, 3.8) is 0 Å². The predicted octanol–water partition coefficient (Wildman–Crippen LogP) is 1.69. The molecule has 2 rings (SSSR count). The van der Waals surface area contributed by atoms with Gasteiger partial charge >= 0.3 is 12.0 Å². The number of anilines is 1. The van der Waals surface area contributed by atoms with Crippen LogP contribution in [0.25, 0.3) is 0 Å². The van der Waals surface area contributed by atoms with E-state index >= 15 is 0 Å². The van der Waals surface area contributed by atoms with Crippen LogP contribution in [-0.2, 0) is 11.2 Å². The number of aliphatic hydroxyl groups is 1. The topological polar surface area (TPSA) is 89.9 Å². The fourth-order valence-electron chi connectivity index (χ4n) is 2.59. The highest BCUT2D eigenvalue weighted by Gasteiger charge is 2.39. The van der Waals surface area contributed by atoms with Crippen LogP contribution in [0.5, 0.6) is 0 Å². The number of carbonyl (C=O) groups excluding carboxylic acids is 1. The first-order valence-corrected chi connectivity index (χ1v) is 7.09. The van der Waals surface area contributed by atoms with Gasteiger partial charge in [-0.05, 0) is 18.1 Å². The summed E-state index contributed by atoms with van der Waals surface area (Å²) in [7, 11) is 0. The number of carboxylic acid groups (broad SMARTS) is 1. The van der Waals surface area contributed by atoms with E-state index in [2.05, 4.69) is 12.2 Å². The number of β-amino-alcohol motifs (C(OH)–C–C–N with tert-alkyl or cyclic N) is 1. The SMILES string of the molecule is CCCc1ccccc1NC(=O)N1C[C@H](O)C[C@H]1C(=O)O. The van der Waals surface area contributed by atoms with Crippen molar-refractivity contribution >= 4 is 17.7 Å². The van der Waals surface area contributed by atoms with Crippen LogP contribution >= 0.6 is 0 Å². The van der Waals surface area contributed by atoms with E-state index in [0.717, 1.165) is 18.4 Å². The van der Waals surface area contributed by atoms with Gasteiger partial charge in [-0.15, -0.1) is 0 Å². The van der Waals surface area contributed by atoms with E-state index in [0.29, 0.717) is 5.69 Å². The summed E-state index contributed by atoms with van der Waals surface area (Å²) in [6, 6.07) is 6.00. The van der Waals surface area contributed by atoms with Crippen molar-refractivity contribution < 1.29 is 19.8 Å². The first-order valence-electron chi connectivity index (χ1n) is 7.09. The Morgan fingerprint density at radius 2 is 2.10 bits per heavy atom. The maximum absolute atomic E-state index is 12.3. The maximum Gasteiger partial charge on any atom is 0.326 e. The minimum atomic E-state index is -1.09. The Bertz CT molecular complexity index is 532. The van der Waals surface area contributed by atoms with Crippen molar-refractivity contribution in [3.05, 3.63) is 29.8 Å². The van der Waals surface area contributed by atoms with Gasteiger partial charge < -0.3 is 20.4 Å². The number of rotatable bonds is 4. The van der Waals surface area contributed by atoms with Crippen LogP contribution in [0.2, 0.25) is 0 Å². The Morgan fingerprint density at radius 3 is 2.76 bits per heavy atom. The van der Waals surface area contributed by atoms with Gasteiger partial charge in [-0.1, -0.05) is 31.5 Å². The summed E-state index contributed by atoms with van der Waals surface area (Å²) in [4.78, 5) is 24.6. The second kappa shape index (κ2) is 6.58. The molecule has 1 saturated heterocycles. The van der Waals surface area contributed by atoms with Crippen LogP contribution < -0.4 is 5.32 Å². The summed E-state index contributed by atoms with van der Waals surface area (Å²) in [6.45, 7) is 2.09. The van der Waals surface area contributed by atoms with Crippen LogP contribution in [-0.4, -0.2) is 45.8 Å². The van der Waals surface area contributed by atoms with Crippen molar-refractivity contribution in [2.24, 2.45) is 0 Å². The van der Waals surface area contributed by atoms with E-state index in [4.69, 9.17) is 5.11 Å². The summed E-state index contributed by atoms with van der Waals surface area (Å²) in [5.74, 6) is -1.09. The fourth-order valence-corrected chi connectivity index (χ4v) is 2.59. The molecule has 0 unspecified atom stereocenters. The van der Waals surface area contributed by atoms with Crippen LogP contribution in [0.1, 0.15) is 25.3 Å². The quantitative estimate of drug-likeness (QED) is 0.787. The van der Waals surface area contributed by atoms with Crippen molar-refractivity contribution in [1.82, 2.24) is 4.90 Å². The predicted molar refractivity (Wildman–Crippen MR) is 78.2 cm³/mol. The lowest BCUT2D eigenvalue weighted by Gasteiger charge is -2.22. The van der Waals surface area contributed by atoms with Gasteiger partial charge in [0.15, 0.2) is 0 Å². The zero-order chi connectivity index (χ0) is 15.4. The number of benzene rings is 1. The summed E-state index contributed by atoms with van der Waals surface area (Å²) in [5, 5.41) is 21.5. The van der Waals surface area contributed by atoms with Crippen molar-refractivity contribution in [2.45, 2.75) is 38.3 Å². The number of hydrogen-bond donors (Lipinski definition) is 3. The van der Waals surface area contributed by atoms with Crippen LogP contribution in [0, 0.1) is 0 Å². The summed E-state index contributed by atoms with van der Waals surface area (Å²) < 4.78 is 0. The Balaban J connectivity index is 2.12. The fraction of sp³-hybridized carbons (Fsp3) is 0.467. The van der Waals surface area contributed by atoms with Gasteiger partial charge in [0, 0.05) is 18.7 Å². The molecule has 0 radical (unpaired) electrons. The number of hydrogen-bond acceptors (Lipinski definition) is 3. The molecule has 1 aliphatic heterocycles. The average molecular weight is 292 g/mol. The molecular weight excluding hydrogens is 272 g/mol. The number of aliphatic carboxylic acids is 1. The number of nitrogens with zero attached hydrogens (tertiary/aromatic N) is 1. The molecule has 1 aliphatic rings. The molecule has 21 heavy (non-hydrogen) atoms. The number of para-hydroxylation sites is 1. The number of amides is 2. The molecule has 0 aromatic heterocycles. The number of aliphatic hydroxyl groups excluding tert-OH is 1. The van der Waals surface area contributed by atoms with Gasteiger partial charge in [-0.3, -0.25) is 0 Å². The average Bonchev–Trinajstić information content (AvgIpc) is 2.84. The van der Waals surface area contributed by atoms with E-state index in [9.17, 15) is 14.7 Å². The molecule has 114 valence electrons. The maximum atomic E-state index is 12.3. The minimum Gasteiger partial charge on any atom is -0.480 e. The highest BCUT2D eigenvalue weighted by atomic mass is 16.4. The summed E-state index contributed by atoms with van der Waals surface area (Å²) in [5.41, 5.74) is 1.70. The largest absolute Gasteiger partial charge is 0.480 e. The molecule has 1 aromatic carbocycles.